The number of carbonyl (C=O) groups excluding carboxylic acids is 1. The predicted molar refractivity (Wildman–Crippen MR) is 81.7 cm³/mol. The van der Waals surface area contributed by atoms with E-state index in [1.165, 1.54) is 31.0 Å². The monoisotopic (exact) mass is 310 g/mol. The lowest BCUT2D eigenvalue weighted by Gasteiger charge is -2.27. The number of hydrogen-bond donors (Lipinski definition) is 0. The summed E-state index contributed by atoms with van der Waals surface area (Å²) in [6.45, 7) is 0. The first-order chi connectivity index (χ1) is 10.0. The van der Waals surface area contributed by atoms with Gasteiger partial charge >= 0.3 is 0 Å². The molecule has 0 aliphatic heterocycles. The van der Waals surface area contributed by atoms with Gasteiger partial charge in [-0.2, -0.15) is 0 Å². The van der Waals surface area contributed by atoms with Gasteiger partial charge in [-0.05, 0) is 18.9 Å². The van der Waals surface area contributed by atoms with Gasteiger partial charge in [0.05, 0.1) is 15.5 Å². The minimum Gasteiger partial charge on any atom is -0.339 e. The van der Waals surface area contributed by atoms with E-state index in [9.17, 15) is 14.9 Å². The van der Waals surface area contributed by atoms with Gasteiger partial charge in [-0.25, -0.2) is 0 Å². The zero-order chi connectivity index (χ0) is 15.4. The lowest BCUT2D eigenvalue weighted by Crippen LogP contribution is -2.36. The van der Waals surface area contributed by atoms with Gasteiger partial charge in [0.15, 0.2) is 0 Å². The number of benzene rings is 1. The molecule has 2 rings (SSSR count). The molecular weight excluding hydrogens is 292 g/mol. The number of halogens is 1. The number of nitro groups is 1. The summed E-state index contributed by atoms with van der Waals surface area (Å²) >= 11 is 6.03. The van der Waals surface area contributed by atoms with Crippen molar-refractivity contribution in [2.45, 2.75) is 44.6 Å². The van der Waals surface area contributed by atoms with Crippen LogP contribution in [0.25, 0.3) is 0 Å². The van der Waals surface area contributed by atoms with E-state index in [0.29, 0.717) is 5.56 Å². The van der Waals surface area contributed by atoms with Crippen molar-refractivity contribution in [3.63, 3.8) is 0 Å². The fraction of sp³-hybridized carbons (Fsp3) is 0.533. The number of hydrogen-bond acceptors (Lipinski definition) is 3. The van der Waals surface area contributed by atoms with Crippen LogP contribution in [0.3, 0.4) is 0 Å². The number of nitrogens with zero attached hydrogens (tertiary/aromatic N) is 2. The topological polar surface area (TPSA) is 63.5 Å². The maximum absolute atomic E-state index is 12.5. The van der Waals surface area contributed by atoms with E-state index in [0.717, 1.165) is 25.7 Å². The molecule has 114 valence electrons. The van der Waals surface area contributed by atoms with E-state index >= 15 is 0 Å². The molecule has 0 aromatic heterocycles. The van der Waals surface area contributed by atoms with Crippen LogP contribution >= 0.6 is 11.6 Å². The fourth-order valence-corrected chi connectivity index (χ4v) is 3.05. The molecule has 1 amide bonds. The zero-order valence-electron chi connectivity index (χ0n) is 12.0. The molecule has 1 aliphatic rings. The Bertz CT molecular complexity index is 540. The van der Waals surface area contributed by atoms with E-state index in [1.54, 1.807) is 11.9 Å². The van der Waals surface area contributed by atoms with E-state index in [2.05, 4.69) is 0 Å². The van der Waals surface area contributed by atoms with Gasteiger partial charge in [0.25, 0.3) is 11.6 Å². The Morgan fingerprint density at radius 1 is 1.29 bits per heavy atom. The maximum atomic E-state index is 12.5. The molecule has 1 fully saturated rings. The van der Waals surface area contributed by atoms with Crippen LogP contribution in [0.4, 0.5) is 5.69 Å². The largest absolute Gasteiger partial charge is 0.339 e. The van der Waals surface area contributed by atoms with E-state index < -0.39 is 4.92 Å². The molecule has 21 heavy (non-hydrogen) atoms. The minimum atomic E-state index is -0.519. The van der Waals surface area contributed by atoms with Crippen LogP contribution in [0.15, 0.2) is 18.2 Å². The Morgan fingerprint density at radius 2 is 1.90 bits per heavy atom. The number of amides is 1. The van der Waals surface area contributed by atoms with Gasteiger partial charge < -0.3 is 4.90 Å². The second-order valence-corrected chi connectivity index (χ2v) is 5.89. The van der Waals surface area contributed by atoms with Gasteiger partial charge in [-0.1, -0.05) is 37.3 Å². The molecule has 1 aliphatic carbocycles. The van der Waals surface area contributed by atoms with Gasteiger partial charge in [0.1, 0.15) is 0 Å². The molecule has 0 bridgehead atoms. The standard InChI is InChI=1S/C15H19ClN2O3/c1-17(11-6-4-2-3-5-7-11)15(19)13-9-8-12(18(20)21)10-14(13)16/h8-11H,2-7H2,1H3. The fourth-order valence-electron chi connectivity index (χ4n) is 2.79. The van der Waals surface area contributed by atoms with Crippen LogP contribution in [-0.2, 0) is 0 Å². The second-order valence-electron chi connectivity index (χ2n) is 5.48. The molecular formula is C15H19ClN2O3. The Labute approximate surface area is 129 Å². The first-order valence-electron chi connectivity index (χ1n) is 7.22. The van der Waals surface area contributed by atoms with E-state index in [4.69, 9.17) is 11.6 Å². The highest BCUT2D eigenvalue weighted by molar-refractivity contribution is 6.34. The van der Waals surface area contributed by atoms with Crippen molar-refractivity contribution in [2.24, 2.45) is 0 Å². The van der Waals surface area contributed by atoms with Crippen molar-refractivity contribution in [1.29, 1.82) is 0 Å². The van der Waals surface area contributed by atoms with E-state index in [1.807, 2.05) is 0 Å². The average Bonchev–Trinajstić information content (AvgIpc) is 2.74. The number of carbonyl (C=O) groups is 1. The highest BCUT2D eigenvalue weighted by Crippen LogP contribution is 2.26. The molecule has 0 atom stereocenters. The minimum absolute atomic E-state index is 0.103. The summed E-state index contributed by atoms with van der Waals surface area (Å²) < 4.78 is 0. The van der Waals surface area contributed by atoms with Crippen molar-refractivity contribution in [1.82, 2.24) is 4.90 Å². The van der Waals surface area contributed by atoms with Crippen LogP contribution in [-0.4, -0.2) is 28.8 Å². The van der Waals surface area contributed by atoms with Crippen LogP contribution in [0.5, 0.6) is 0 Å². The van der Waals surface area contributed by atoms with Crippen LogP contribution in [0, 0.1) is 10.1 Å². The Hall–Kier alpha value is -1.62. The quantitative estimate of drug-likeness (QED) is 0.481. The molecule has 6 heteroatoms. The lowest BCUT2D eigenvalue weighted by atomic mass is 10.1. The van der Waals surface area contributed by atoms with Gasteiger partial charge in [0.2, 0.25) is 0 Å². The van der Waals surface area contributed by atoms with Crippen molar-refractivity contribution in [3.8, 4) is 0 Å². The lowest BCUT2D eigenvalue weighted by molar-refractivity contribution is -0.384. The van der Waals surface area contributed by atoms with Crippen LogP contribution in [0.2, 0.25) is 5.02 Å². The molecule has 0 N–H and O–H groups in total. The average molecular weight is 311 g/mol. The zero-order valence-corrected chi connectivity index (χ0v) is 12.8. The highest BCUT2D eigenvalue weighted by atomic mass is 35.5. The summed E-state index contributed by atoms with van der Waals surface area (Å²) in [7, 11) is 1.79. The smallest absolute Gasteiger partial charge is 0.270 e. The third kappa shape index (κ3) is 3.73. The van der Waals surface area contributed by atoms with Crippen molar-refractivity contribution in [2.75, 3.05) is 7.05 Å². The summed E-state index contributed by atoms with van der Waals surface area (Å²) in [5.41, 5.74) is 0.225. The van der Waals surface area contributed by atoms with Gasteiger partial charge in [0, 0.05) is 25.2 Å². The van der Waals surface area contributed by atoms with Crippen LogP contribution < -0.4 is 0 Å². The Morgan fingerprint density at radius 3 is 2.43 bits per heavy atom. The van der Waals surface area contributed by atoms with Crippen LogP contribution in [0.1, 0.15) is 48.9 Å². The molecule has 0 unspecified atom stereocenters. The SMILES string of the molecule is CN(C(=O)c1ccc([N+](=O)[O-])cc1Cl)C1CCCCCC1. The molecule has 1 aromatic rings. The number of non-ortho nitro benzene ring substituents is 1. The molecule has 1 saturated carbocycles. The van der Waals surface area contributed by atoms with Gasteiger partial charge in [-0.3, -0.25) is 14.9 Å². The Kier molecular flexibility index (Phi) is 5.17. The van der Waals surface area contributed by atoms with Crippen molar-refractivity contribution in [3.05, 3.63) is 38.9 Å². The molecule has 1 aromatic carbocycles. The number of rotatable bonds is 3. The number of nitro benzene ring substituents is 1. The van der Waals surface area contributed by atoms with E-state index in [-0.39, 0.29) is 22.7 Å². The van der Waals surface area contributed by atoms with Gasteiger partial charge in [-0.15, -0.1) is 0 Å². The highest BCUT2D eigenvalue weighted by Gasteiger charge is 2.24. The summed E-state index contributed by atoms with van der Waals surface area (Å²) in [4.78, 5) is 24.5. The maximum Gasteiger partial charge on any atom is 0.270 e. The normalized spacial score (nSPS) is 16.3. The molecule has 0 spiro atoms. The molecule has 0 radical (unpaired) electrons. The predicted octanol–water partition coefficient (Wildman–Crippen LogP) is 4.04. The Balaban J connectivity index is 2.16. The third-order valence-electron chi connectivity index (χ3n) is 4.09. The molecule has 0 heterocycles. The van der Waals surface area contributed by atoms with Crippen molar-refractivity contribution < 1.29 is 9.72 Å². The first-order valence-corrected chi connectivity index (χ1v) is 7.59. The summed E-state index contributed by atoms with van der Waals surface area (Å²) in [5, 5.41) is 10.8. The summed E-state index contributed by atoms with van der Waals surface area (Å²) in [6, 6.07) is 4.22. The molecule has 0 saturated heterocycles. The second kappa shape index (κ2) is 6.89. The third-order valence-corrected chi connectivity index (χ3v) is 4.40. The molecule has 5 nitrogen and oxygen atoms in total. The first kappa shape index (κ1) is 15.8. The van der Waals surface area contributed by atoms with Crippen molar-refractivity contribution >= 4 is 23.2 Å². The summed E-state index contributed by atoms with van der Waals surface area (Å²) in [6.07, 6.45) is 6.72. The summed E-state index contributed by atoms with van der Waals surface area (Å²) in [5.74, 6) is -0.165.